The quantitative estimate of drug-likeness (QED) is 0.547. The summed E-state index contributed by atoms with van der Waals surface area (Å²) in [5.41, 5.74) is 3.65. The Kier molecular flexibility index (Phi) is 6.01. The van der Waals surface area contributed by atoms with Gasteiger partial charge in [-0.3, -0.25) is 14.4 Å². The number of halogens is 1. The van der Waals surface area contributed by atoms with Crippen molar-refractivity contribution < 1.29 is 17.6 Å². The van der Waals surface area contributed by atoms with Gasteiger partial charge in [-0.05, 0) is 61.7 Å². The van der Waals surface area contributed by atoms with E-state index in [2.05, 4.69) is 4.72 Å². The van der Waals surface area contributed by atoms with Crippen molar-refractivity contribution in [3.63, 3.8) is 0 Å². The summed E-state index contributed by atoms with van der Waals surface area (Å²) in [6, 6.07) is 16.7. The van der Waals surface area contributed by atoms with E-state index < -0.39 is 21.2 Å². The highest BCUT2D eigenvalue weighted by Crippen LogP contribution is 2.43. The molecule has 1 aliphatic rings. The van der Waals surface area contributed by atoms with E-state index in [-0.39, 0.29) is 22.2 Å². The molecule has 0 saturated carbocycles. The van der Waals surface area contributed by atoms with Crippen LogP contribution in [0.2, 0.25) is 0 Å². The Labute approximate surface area is 191 Å². The summed E-state index contributed by atoms with van der Waals surface area (Å²) in [5, 5.41) is -0.452. The first-order valence-electron chi connectivity index (χ1n) is 10.1. The molecule has 3 aromatic carbocycles. The van der Waals surface area contributed by atoms with Crippen LogP contribution in [0.15, 0.2) is 65.6 Å². The van der Waals surface area contributed by atoms with Crippen LogP contribution in [0.5, 0.6) is 0 Å². The molecule has 1 saturated heterocycles. The van der Waals surface area contributed by atoms with Crippen LogP contribution in [0.1, 0.15) is 27.6 Å². The van der Waals surface area contributed by atoms with Gasteiger partial charge in [0.25, 0.3) is 10.0 Å². The van der Waals surface area contributed by atoms with Gasteiger partial charge < -0.3 is 0 Å². The van der Waals surface area contributed by atoms with Crippen LogP contribution < -0.4 is 9.62 Å². The zero-order valence-electron chi connectivity index (χ0n) is 17.9. The largest absolute Gasteiger partial charge is 0.292 e. The third-order valence-electron chi connectivity index (χ3n) is 5.28. The van der Waals surface area contributed by atoms with E-state index in [9.17, 15) is 17.6 Å². The van der Waals surface area contributed by atoms with Gasteiger partial charge >= 0.3 is 0 Å². The molecule has 1 aliphatic heterocycles. The molecule has 8 heteroatoms. The second-order valence-electron chi connectivity index (χ2n) is 7.84. The SMILES string of the molecule is Cc1cc(C)c(S(=O)(=O)Nc2cccc(C3SCC(=O)N3c3ccccc3F)c2)c(C)c1. The molecular formula is C24H23FN2O3S2. The lowest BCUT2D eigenvalue weighted by Crippen LogP contribution is -2.28. The minimum atomic E-state index is -3.81. The second kappa shape index (κ2) is 8.60. The average molecular weight is 471 g/mol. The average Bonchev–Trinajstić information content (AvgIpc) is 3.08. The molecule has 0 aliphatic carbocycles. The van der Waals surface area contributed by atoms with E-state index >= 15 is 0 Å². The minimum absolute atomic E-state index is 0.193. The Balaban J connectivity index is 1.67. The molecule has 32 heavy (non-hydrogen) atoms. The molecular weight excluding hydrogens is 447 g/mol. The number of thioether (sulfide) groups is 1. The Morgan fingerprint density at radius 3 is 2.38 bits per heavy atom. The zero-order valence-corrected chi connectivity index (χ0v) is 19.6. The number of amides is 1. The number of anilines is 2. The monoisotopic (exact) mass is 470 g/mol. The Bertz CT molecular complexity index is 1290. The molecule has 5 nitrogen and oxygen atoms in total. The number of hydrogen-bond donors (Lipinski definition) is 1. The number of nitrogens with zero attached hydrogens (tertiary/aromatic N) is 1. The Morgan fingerprint density at radius 2 is 1.69 bits per heavy atom. The summed E-state index contributed by atoms with van der Waals surface area (Å²) >= 11 is 1.38. The van der Waals surface area contributed by atoms with E-state index in [1.165, 1.54) is 22.7 Å². The van der Waals surface area contributed by atoms with Crippen molar-refractivity contribution in [2.75, 3.05) is 15.4 Å². The van der Waals surface area contributed by atoms with Crippen LogP contribution in [0, 0.1) is 26.6 Å². The van der Waals surface area contributed by atoms with Crippen molar-refractivity contribution in [3.05, 3.63) is 88.7 Å². The van der Waals surface area contributed by atoms with E-state index in [0.29, 0.717) is 22.4 Å². The number of para-hydroxylation sites is 1. The van der Waals surface area contributed by atoms with Gasteiger partial charge in [-0.1, -0.05) is 42.0 Å². The number of benzene rings is 3. The van der Waals surface area contributed by atoms with Crippen molar-refractivity contribution in [1.29, 1.82) is 0 Å². The predicted molar refractivity (Wildman–Crippen MR) is 127 cm³/mol. The molecule has 166 valence electrons. The van der Waals surface area contributed by atoms with Crippen LogP contribution in [-0.4, -0.2) is 20.1 Å². The van der Waals surface area contributed by atoms with Crippen molar-refractivity contribution in [1.82, 2.24) is 0 Å². The van der Waals surface area contributed by atoms with Crippen molar-refractivity contribution >= 4 is 39.1 Å². The maximum atomic E-state index is 14.4. The zero-order chi connectivity index (χ0) is 23.0. The molecule has 3 aromatic rings. The normalized spacial score (nSPS) is 16.4. The van der Waals surface area contributed by atoms with Crippen molar-refractivity contribution in [3.8, 4) is 0 Å². The van der Waals surface area contributed by atoms with E-state index in [4.69, 9.17) is 0 Å². The second-order valence-corrected chi connectivity index (χ2v) is 10.5. The summed E-state index contributed by atoms with van der Waals surface area (Å²) in [6.07, 6.45) is 0. The molecule has 1 fully saturated rings. The maximum absolute atomic E-state index is 14.4. The minimum Gasteiger partial charge on any atom is -0.292 e. The lowest BCUT2D eigenvalue weighted by atomic mass is 10.1. The Hall–Kier alpha value is -2.84. The van der Waals surface area contributed by atoms with E-state index in [1.54, 1.807) is 50.2 Å². The van der Waals surface area contributed by atoms with Crippen molar-refractivity contribution in [2.24, 2.45) is 0 Å². The summed E-state index contributed by atoms with van der Waals surface area (Å²) in [4.78, 5) is 14.2. The maximum Gasteiger partial charge on any atom is 0.262 e. The fourth-order valence-electron chi connectivity index (χ4n) is 4.13. The highest BCUT2D eigenvalue weighted by molar-refractivity contribution is 8.00. The number of carbonyl (C=O) groups is 1. The Morgan fingerprint density at radius 1 is 1.00 bits per heavy atom. The highest BCUT2D eigenvalue weighted by atomic mass is 32.2. The molecule has 1 heterocycles. The fraction of sp³-hybridized carbons (Fsp3) is 0.208. The summed E-state index contributed by atoms with van der Waals surface area (Å²) in [5.74, 6) is -0.450. The smallest absolute Gasteiger partial charge is 0.262 e. The van der Waals surface area contributed by atoms with Gasteiger partial charge in [-0.2, -0.15) is 0 Å². The molecule has 0 bridgehead atoms. The number of carbonyl (C=O) groups excluding carboxylic acids is 1. The first-order valence-corrected chi connectivity index (χ1v) is 12.6. The molecule has 0 spiro atoms. The molecule has 0 aromatic heterocycles. The van der Waals surface area contributed by atoms with E-state index in [0.717, 1.165) is 5.56 Å². The molecule has 1 unspecified atom stereocenters. The first-order chi connectivity index (χ1) is 15.2. The molecule has 1 N–H and O–H groups in total. The van der Waals surface area contributed by atoms with Crippen LogP contribution >= 0.6 is 11.8 Å². The molecule has 4 rings (SSSR count). The van der Waals surface area contributed by atoms with Crippen LogP contribution in [0.4, 0.5) is 15.8 Å². The van der Waals surface area contributed by atoms with Gasteiger partial charge in [-0.15, -0.1) is 11.8 Å². The standard InChI is InChI=1S/C24H23FN2O3S2/c1-15-11-16(2)23(17(3)12-15)32(29,30)26-19-8-6-7-18(13-19)24-27(22(28)14-31-24)21-10-5-4-9-20(21)25/h4-13,24,26H,14H2,1-3H3. The van der Waals surface area contributed by atoms with Gasteiger partial charge in [-0.25, -0.2) is 12.8 Å². The van der Waals surface area contributed by atoms with Crippen LogP contribution in [0.25, 0.3) is 0 Å². The molecule has 0 radical (unpaired) electrons. The number of sulfonamides is 1. The highest BCUT2D eigenvalue weighted by Gasteiger charge is 2.35. The summed E-state index contributed by atoms with van der Waals surface area (Å²) in [7, 11) is -3.81. The molecule has 1 atom stereocenters. The predicted octanol–water partition coefficient (Wildman–Crippen LogP) is 5.33. The summed E-state index contributed by atoms with van der Waals surface area (Å²) < 4.78 is 43.3. The van der Waals surface area contributed by atoms with Crippen LogP contribution in [0.3, 0.4) is 0 Å². The van der Waals surface area contributed by atoms with Gasteiger partial charge in [0.2, 0.25) is 5.91 Å². The lowest BCUT2D eigenvalue weighted by Gasteiger charge is -2.25. The van der Waals surface area contributed by atoms with Crippen LogP contribution in [-0.2, 0) is 14.8 Å². The number of nitrogens with one attached hydrogen (secondary N) is 1. The third-order valence-corrected chi connectivity index (χ3v) is 8.18. The van der Waals surface area contributed by atoms with Gasteiger partial charge in [0.05, 0.1) is 16.3 Å². The number of rotatable bonds is 5. The number of aryl methyl sites for hydroxylation is 3. The summed E-state index contributed by atoms with van der Waals surface area (Å²) in [6.45, 7) is 5.48. The number of hydrogen-bond acceptors (Lipinski definition) is 4. The van der Waals surface area contributed by atoms with E-state index in [1.807, 2.05) is 25.1 Å². The first kappa shape index (κ1) is 22.4. The fourth-order valence-corrected chi connectivity index (χ4v) is 6.79. The van der Waals surface area contributed by atoms with Gasteiger partial charge in [0.1, 0.15) is 11.2 Å². The topological polar surface area (TPSA) is 66.5 Å². The van der Waals surface area contributed by atoms with Gasteiger partial charge in [0, 0.05) is 5.69 Å². The lowest BCUT2D eigenvalue weighted by molar-refractivity contribution is -0.115. The van der Waals surface area contributed by atoms with Crippen molar-refractivity contribution in [2.45, 2.75) is 31.0 Å². The third kappa shape index (κ3) is 4.25. The van der Waals surface area contributed by atoms with Gasteiger partial charge in [0.15, 0.2) is 0 Å². The molecule has 1 amide bonds.